The molecule has 1 fully saturated rings. The normalized spacial score (nSPS) is 19.4. The lowest BCUT2D eigenvalue weighted by atomic mass is 9.92. The minimum absolute atomic E-state index is 0.150. The largest absolute Gasteiger partial charge is 0.456 e. The van der Waals surface area contributed by atoms with Crippen LogP contribution in [0.2, 0.25) is 0 Å². The molecule has 0 radical (unpaired) electrons. The van der Waals surface area contributed by atoms with Crippen LogP contribution in [0.4, 0.5) is 0 Å². The maximum atomic E-state index is 12.5. The Morgan fingerprint density at radius 2 is 1.59 bits per heavy atom. The van der Waals surface area contributed by atoms with Crippen LogP contribution in [0.25, 0.3) is 0 Å². The van der Waals surface area contributed by atoms with Crippen molar-refractivity contribution in [2.75, 3.05) is 19.7 Å². The van der Waals surface area contributed by atoms with Gasteiger partial charge in [0.15, 0.2) is 6.61 Å². The zero-order chi connectivity index (χ0) is 19.2. The predicted octanol–water partition coefficient (Wildman–Crippen LogP) is 4.14. The van der Waals surface area contributed by atoms with Crippen molar-refractivity contribution in [1.82, 2.24) is 4.90 Å². The summed E-state index contributed by atoms with van der Waals surface area (Å²) < 4.78 is 11.1. The first-order valence-corrected chi connectivity index (χ1v) is 9.29. The molecule has 1 heterocycles. The van der Waals surface area contributed by atoms with Crippen molar-refractivity contribution in [1.29, 1.82) is 0 Å². The molecule has 2 aromatic carbocycles. The SMILES string of the molecule is C[C@@H]1C[C@H](C)CN(C(=O)COC(=O)c2ccccc2Oc2ccccc2)C1. The topological polar surface area (TPSA) is 55.8 Å². The minimum atomic E-state index is -0.562. The fourth-order valence-corrected chi connectivity index (χ4v) is 3.50. The van der Waals surface area contributed by atoms with Crippen LogP contribution in [0.1, 0.15) is 30.6 Å². The minimum Gasteiger partial charge on any atom is -0.456 e. The van der Waals surface area contributed by atoms with E-state index in [0.717, 1.165) is 6.42 Å². The number of benzene rings is 2. The lowest BCUT2D eigenvalue weighted by Gasteiger charge is -2.34. The Morgan fingerprint density at radius 1 is 0.963 bits per heavy atom. The Hall–Kier alpha value is -2.82. The molecule has 0 unspecified atom stereocenters. The summed E-state index contributed by atoms with van der Waals surface area (Å²) in [6, 6.07) is 16.1. The van der Waals surface area contributed by atoms with Gasteiger partial charge in [0.25, 0.3) is 5.91 Å². The first-order valence-electron chi connectivity index (χ1n) is 9.29. The lowest BCUT2D eigenvalue weighted by molar-refractivity contribution is -0.137. The zero-order valence-corrected chi connectivity index (χ0v) is 15.8. The number of ether oxygens (including phenoxy) is 2. The predicted molar refractivity (Wildman–Crippen MR) is 103 cm³/mol. The number of nitrogens with zero attached hydrogens (tertiary/aromatic N) is 1. The van der Waals surface area contributed by atoms with E-state index >= 15 is 0 Å². The molecule has 2 atom stereocenters. The lowest BCUT2D eigenvalue weighted by Crippen LogP contribution is -2.44. The molecule has 1 aliphatic rings. The molecule has 0 aromatic heterocycles. The molecule has 1 amide bonds. The number of hydrogen-bond acceptors (Lipinski definition) is 4. The van der Waals surface area contributed by atoms with Crippen LogP contribution in [0.15, 0.2) is 54.6 Å². The van der Waals surface area contributed by atoms with Gasteiger partial charge in [-0.3, -0.25) is 4.79 Å². The second-order valence-corrected chi connectivity index (χ2v) is 7.23. The van der Waals surface area contributed by atoms with E-state index in [0.29, 0.717) is 42.0 Å². The van der Waals surface area contributed by atoms with Gasteiger partial charge >= 0.3 is 5.97 Å². The van der Waals surface area contributed by atoms with Gasteiger partial charge in [-0.25, -0.2) is 4.79 Å². The van der Waals surface area contributed by atoms with Gasteiger partial charge < -0.3 is 14.4 Å². The van der Waals surface area contributed by atoms with Gasteiger partial charge in [0.2, 0.25) is 0 Å². The van der Waals surface area contributed by atoms with Gasteiger partial charge in [0, 0.05) is 13.1 Å². The first kappa shape index (κ1) is 19.0. The number of esters is 1. The van der Waals surface area contributed by atoms with E-state index in [-0.39, 0.29) is 12.5 Å². The third kappa shape index (κ3) is 5.09. The summed E-state index contributed by atoms with van der Waals surface area (Å²) in [6.45, 7) is 5.46. The van der Waals surface area contributed by atoms with E-state index in [2.05, 4.69) is 13.8 Å². The van der Waals surface area contributed by atoms with Crippen molar-refractivity contribution in [2.24, 2.45) is 11.8 Å². The highest BCUT2D eigenvalue weighted by Crippen LogP contribution is 2.26. The van der Waals surface area contributed by atoms with Crippen molar-refractivity contribution in [3.8, 4) is 11.5 Å². The number of likely N-dealkylation sites (tertiary alicyclic amines) is 1. The molecule has 5 nitrogen and oxygen atoms in total. The zero-order valence-electron chi connectivity index (χ0n) is 15.8. The Kier molecular flexibility index (Phi) is 6.12. The summed E-state index contributed by atoms with van der Waals surface area (Å²) in [5.41, 5.74) is 0.300. The highest BCUT2D eigenvalue weighted by molar-refractivity contribution is 5.94. The highest BCUT2D eigenvalue weighted by Gasteiger charge is 2.26. The molecule has 142 valence electrons. The Labute approximate surface area is 159 Å². The summed E-state index contributed by atoms with van der Waals surface area (Å²) in [7, 11) is 0. The summed E-state index contributed by atoms with van der Waals surface area (Å²) in [4.78, 5) is 26.7. The van der Waals surface area contributed by atoms with Crippen molar-refractivity contribution >= 4 is 11.9 Å². The van der Waals surface area contributed by atoms with Crippen LogP contribution in [-0.4, -0.2) is 36.5 Å². The molecule has 1 aliphatic heterocycles. The highest BCUT2D eigenvalue weighted by atomic mass is 16.5. The van der Waals surface area contributed by atoms with Crippen molar-refractivity contribution in [3.05, 3.63) is 60.2 Å². The first-order chi connectivity index (χ1) is 13.0. The quantitative estimate of drug-likeness (QED) is 0.745. The Bertz CT molecular complexity index is 780. The van der Waals surface area contributed by atoms with Gasteiger partial charge in [-0.2, -0.15) is 0 Å². The van der Waals surface area contributed by atoms with Gasteiger partial charge in [-0.05, 0) is 42.5 Å². The monoisotopic (exact) mass is 367 g/mol. The van der Waals surface area contributed by atoms with E-state index in [1.807, 2.05) is 30.3 Å². The van der Waals surface area contributed by atoms with Crippen LogP contribution in [0.3, 0.4) is 0 Å². The Balaban J connectivity index is 1.62. The summed E-state index contributed by atoms with van der Waals surface area (Å²) in [5.74, 6) is 1.25. The molecule has 27 heavy (non-hydrogen) atoms. The van der Waals surface area contributed by atoms with E-state index in [4.69, 9.17) is 9.47 Å². The second-order valence-electron chi connectivity index (χ2n) is 7.23. The van der Waals surface area contributed by atoms with Crippen molar-refractivity contribution < 1.29 is 19.1 Å². The molecule has 5 heteroatoms. The second kappa shape index (κ2) is 8.71. The maximum absolute atomic E-state index is 12.5. The number of hydrogen-bond donors (Lipinski definition) is 0. The van der Waals surface area contributed by atoms with Gasteiger partial charge in [0.1, 0.15) is 17.1 Å². The van der Waals surface area contributed by atoms with Crippen LogP contribution in [0, 0.1) is 11.8 Å². The third-order valence-corrected chi connectivity index (χ3v) is 4.63. The molecule has 2 aromatic rings. The van der Waals surface area contributed by atoms with Gasteiger partial charge in [-0.1, -0.05) is 44.2 Å². The fourth-order valence-electron chi connectivity index (χ4n) is 3.50. The Morgan fingerprint density at radius 3 is 2.30 bits per heavy atom. The molecular formula is C22H25NO4. The van der Waals surface area contributed by atoms with Crippen molar-refractivity contribution in [2.45, 2.75) is 20.3 Å². The number of carbonyl (C=O) groups is 2. The van der Waals surface area contributed by atoms with Crippen molar-refractivity contribution in [3.63, 3.8) is 0 Å². The molecule has 3 rings (SSSR count). The molecular weight excluding hydrogens is 342 g/mol. The number of amides is 1. The van der Waals surface area contributed by atoms with Crippen LogP contribution < -0.4 is 4.74 Å². The van der Waals surface area contributed by atoms with Gasteiger partial charge in [0.05, 0.1) is 0 Å². The summed E-state index contributed by atoms with van der Waals surface area (Å²) in [6.07, 6.45) is 1.12. The molecule has 0 spiro atoms. The average Bonchev–Trinajstić information content (AvgIpc) is 2.66. The number of rotatable bonds is 5. The van der Waals surface area contributed by atoms with E-state index in [1.54, 1.807) is 29.2 Å². The molecule has 0 aliphatic carbocycles. The average molecular weight is 367 g/mol. The molecule has 0 saturated carbocycles. The van der Waals surface area contributed by atoms with Crippen LogP contribution in [-0.2, 0) is 9.53 Å². The number of para-hydroxylation sites is 2. The summed E-state index contributed by atoms with van der Waals surface area (Å²) >= 11 is 0. The van der Waals surface area contributed by atoms with E-state index in [9.17, 15) is 9.59 Å². The smallest absolute Gasteiger partial charge is 0.342 e. The molecule has 0 bridgehead atoms. The maximum Gasteiger partial charge on any atom is 0.342 e. The summed E-state index contributed by atoms with van der Waals surface area (Å²) in [5, 5.41) is 0. The third-order valence-electron chi connectivity index (χ3n) is 4.63. The molecule has 0 N–H and O–H groups in total. The number of piperidine rings is 1. The standard InChI is InChI=1S/C22H25NO4/c1-16-12-17(2)14-23(13-16)21(24)15-26-22(25)19-10-6-7-11-20(19)27-18-8-4-3-5-9-18/h3-11,16-17H,12-15H2,1-2H3/t16-,17+. The van der Waals surface area contributed by atoms with Gasteiger partial charge in [-0.15, -0.1) is 0 Å². The van der Waals surface area contributed by atoms with Crippen LogP contribution >= 0.6 is 0 Å². The van der Waals surface area contributed by atoms with Crippen LogP contribution in [0.5, 0.6) is 11.5 Å². The molecule has 1 saturated heterocycles. The number of carbonyl (C=O) groups excluding carboxylic acids is 2. The van der Waals surface area contributed by atoms with E-state index < -0.39 is 5.97 Å². The van der Waals surface area contributed by atoms with E-state index in [1.165, 1.54) is 0 Å². The fraction of sp³-hybridized carbons (Fsp3) is 0.364.